The molecular weight excluding hydrogens is 336 g/mol. The molecule has 6 heteroatoms. The number of rotatable bonds is 5. The summed E-state index contributed by atoms with van der Waals surface area (Å²) in [5, 5.41) is 7.01. The van der Waals surface area contributed by atoms with E-state index in [1.54, 1.807) is 12.4 Å². The Morgan fingerprint density at radius 1 is 1.19 bits per heavy atom. The minimum absolute atomic E-state index is 0.619. The van der Waals surface area contributed by atoms with Crippen molar-refractivity contribution < 1.29 is 0 Å². The predicted octanol–water partition coefficient (Wildman–Crippen LogP) is 3.17. The van der Waals surface area contributed by atoms with Gasteiger partial charge in [-0.3, -0.25) is 4.98 Å². The monoisotopic (exact) mass is 362 g/mol. The maximum absolute atomic E-state index is 4.90. The molecule has 1 aliphatic rings. The molecule has 1 saturated heterocycles. The molecule has 0 spiro atoms. The van der Waals surface area contributed by atoms with E-state index in [4.69, 9.17) is 4.98 Å². The fraction of sp³-hybridized carbons (Fsp3) is 0.381. The average Bonchev–Trinajstić information content (AvgIpc) is 2.72. The number of benzene rings is 1. The van der Waals surface area contributed by atoms with Crippen LogP contribution in [0.15, 0.2) is 42.7 Å². The predicted molar refractivity (Wildman–Crippen MR) is 111 cm³/mol. The van der Waals surface area contributed by atoms with E-state index in [0.717, 1.165) is 53.4 Å². The Morgan fingerprint density at radius 3 is 2.89 bits per heavy atom. The van der Waals surface area contributed by atoms with Crippen LogP contribution in [-0.4, -0.2) is 48.7 Å². The van der Waals surface area contributed by atoms with Crippen molar-refractivity contribution in [3.8, 4) is 11.3 Å². The third-order valence-electron chi connectivity index (χ3n) is 5.07. The molecule has 2 N–H and O–H groups in total. The number of aromatic nitrogens is 3. The van der Waals surface area contributed by atoms with Crippen LogP contribution in [0.4, 0.5) is 11.5 Å². The van der Waals surface area contributed by atoms with Crippen LogP contribution in [-0.2, 0) is 0 Å². The minimum Gasteiger partial charge on any atom is -0.378 e. The van der Waals surface area contributed by atoms with Gasteiger partial charge in [0.1, 0.15) is 5.52 Å². The Morgan fingerprint density at radius 2 is 2.07 bits per heavy atom. The fourth-order valence-electron chi connectivity index (χ4n) is 3.53. The molecule has 3 aromatic rings. The smallest absolute Gasteiger partial charge is 0.154 e. The molecule has 0 bridgehead atoms. The number of hydrogen-bond acceptors (Lipinski definition) is 6. The Bertz CT molecular complexity index is 917. The highest BCUT2D eigenvalue weighted by atomic mass is 15.1. The molecule has 0 aliphatic carbocycles. The lowest BCUT2D eigenvalue weighted by molar-refractivity contribution is 0.392. The first-order valence-electron chi connectivity index (χ1n) is 9.55. The maximum Gasteiger partial charge on any atom is 0.154 e. The molecule has 3 heterocycles. The Hall–Kier alpha value is -2.73. The van der Waals surface area contributed by atoms with Gasteiger partial charge in [0.15, 0.2) is 5.82 Å². The van der Waals surface area contributed by atoms with E-state index in [0.29, 0.717) is 5.92 Å². The first kappa shape index (κ1) is 17.7. The van der Waals surface area contributed by atoms with E-state index < -0.39 is 0 Å². The van der Waals surface area contributed by atoms with Crippen molar-refractivity contribution in [2.75, 3.05) is 43.9 Å². The van der Waals surface area contributed by atoms with Crippen molar-refractivity contribution >= 4 is 22.5 Å². The van der Waals surface area contributed by atoms with Crippen LogP contribution in [0.2, 0.25) is 0 Å². The highest BCUT2D eigenvalue weighted by Gasteiger charge is 2.15. The van der Waals surface area contributed by atoms with Crippen molar-refractivity contribution in [1.29, 1.82) is 0 Å². The number of pyridine rings is 1. The topological polar surface area (TPSA) is 66.0 Å². The van der Waals surface area contributed by atoms with Gasteiger partial charge in [0.25, 0.3) is 0 Å². The van der Waals surface area contributed by atoms with E-state index >= 15 is 0 Å². The highest BCUT2D eigenvalue weighted by Crippen LogP contribution is 2.28. The number of fused-ring (bicyclic) bond motifs is 1. The normalized spacial score (nSPS) is 17.0. The number of piperidine rings is 1. The van der Waals surface area contributed by atoms with Crippen LogP contribution in [0.25, 0.3) is 22.3 Å². The summed E-state index contributed by atoms with van der Waals surface area (Å²) in [6.07, 6.45) is 5.94. The summed E-state index contributed by atoms with van der Waals surface area (Å²) in [4.78, 5) is 16.0. The molecule has 2 aromatic heterocycles. The summed E-state index contributed by atoms with van der Waals surface area (Å²) in [6, 6.07) is 10.4. The first-order valence-corrected chi connectivity index (χ1v) is 9.55. The van der Waals surface area contributed by atoms with Gasteiger partial charge in [-0.05, 0) is 50.0 Å². The fourth-order valence-corrected chi connectivity index (χ4v) is 3.53. The molecule has 1 atom stereocenters. The number of anilines is 2. The Kier molecular flexibility index (Phi) is 5.16. The van der Waals surface area contributed by atoms with E-state index in [9.17, 15) is 0 Å². The lowest BCUT2D eigenvalue weighted by atomic mass is 10.00. The van der Waals surface area contributed by atoms with Gasteiger partial charge in [0, 0.05) is 44.3 Å². The Labute approximate surface area is 160 Å². The zero-order valence-corrected chi connectivity index (χ0v) is 15.9. The van der Waals surface area contributed by atoms with Crippen molar-refractivity contribution in [1.82, 2.24) is 20.3 Å². The van der Waals surface area contributed by atoms with Crippen molar-refractivity contribution in [2.45, 2.75) is 12.8 Å². The van der Waals surface area contributed by atoms with Crippen LogP contribution in [0.5, 0.6) is 0 Å². The van der Waals surface area contributed by atoms with Crippen molar-refractivity contribution in [3.05, 3.63) is 42.7 Å². The molecule has 1 aromatic carbocycles. The van der Waals surface area contributed by atoms with E-state index in [2.05, 4.69) is 49.8 Å². The average molecular weight is 362 g/mol. The maximum atomic E-state index is 4.90. The van der Waals surface area contributed by atoms with Crippen LogP contribution >= 0.6 is 0 Å². The second kappa shape index (κ2) is 7.88. The Balaban J connectivity index is 1.68. The lowest BCUT2D eigenvalue weighted by Gasteiger charge is -2.23. The van der Waals surface area contributed by atoms with Gasteiger partial charge in [-0.25, -0.2) is 9.97 Å². The lowest BCUT2D eigenvalue weighted by Crippen LogP contribution is -2.33. The van der Waals surface area contributed by atoms with Crippen LogP contribution in [0.3, 0.4) is 0 Å². The highest BCUT2D eigenvalue weighted by molar-refractivity contribution is 5.88. The summed E-state index contributed by atoms with van der Waals surface area (Å²) in [5.41, 5.74) is 4.83. The molecule has 0 saturated carbocycles. The summed E-state index contributed by atoms with van der Waals surface area (Å²) in [5.74, 6) is 1.43. The molecule has 27 heavy (non-hydrogen) atoms. The molecule has 140 valence electrons. The second-order valence-corrected chi connectivity index (χ2v) is 7.32. The minimum atomic E-state index is 0.619. The van der Waals surface area contributed by atoms with E-state index in [-0.39, 0.29) is 0 Å². The number of nitrogens with one attached hydrogen (secondary N) is 2. The van der Waals surface area contributed by atoms with E-state index in [1.165, 1.54) is 12.8 Å². The molecule has 6 nitrogen and oxygen atoms in total. The van der Waals surface area contributed by atoms with Gasteiger partial charge >= 0.3 is 0 Å². The SMILES string of the molecule is CN(C)c1cccc(-c2cc3nccnc3c(NCC3CCCNC3)n2)c1. The zero-order chi connectivity index (χ0) is 18.6. The van der Waals surface area contributed by atoms with Crippen LogP contribution in [0, 0.1) is 5.92 Å². The molecule has 1 fully saturated rings. The molecule has 0 radical (unpaired) electrons. The number of hydrogen-bond donors (Lipinski definition) is 2. The zero-order valence-electron chi connectivity index (χ0n) is 15.9. The third-order valence-corrected chi connectivity index (χ3v) is 5.07. The quantitative estimate of drug-likeness (QED) is 0.727. The van der Waals surface area contributed by atoms with Crippen molar-refractivity contribution in [3.63, 3.8) is 0 Å². The van der Waals surface area contributed by atoms with Gasteiger partial charge < -0.3 is 15.5 Å². The van der Waals surface area contributed by atoms with Gasteiger partial charge in [-0.1, -0.05) is 12.1 Å². The summed E-state index contributed by atoms with van der Waals surface area (Å²) in [6.45, 7) is 3.08. The van der Waals surface area contributed by atoms with Gasteiger partial charge in [0.2, 0.25) is 0 Å². The van der Waals surface area contributed by atoms with Crippen LogP contribution < -0.4 is 15.5 Å². The molecule has 0 amide bonds. The standard InChI is InChI=1S/C21H26N6/c1-27(2)17-7-3-6-16(11-17)18-12-19-20(24-10-9-23-19)21(26-18)25-14-15-5-4-8-22-13-15/h3,6-7,9-12,15,22H,4-5,8,13-14H2,1-2H3,(H,25,26). The largest absolute Gasteiger partial charge is 0.378 e. The van der Waals surface area contributed by atoms with Gasteiger partial charge in [-0.15, -0.1) is 0 Å². The molecule has 1 unspecified atom stereocenters. The molecule has 1 aliphatic heterocycles. The number of nitrogens with zero attached hydrogens (tertiary/aromatic N) is 4. The second-order valence-electron chi connectivity index (χ2n) is 7.32. The molecular formula is C21H26N6. The van der Waals surface area contributed by atoms with Crippen LogP contribution in [0.1, 0.15) is 12.8 Å². The third kappa shape index (κ3) is 4.01. The first-order chi connectivity index (χ1) is 13.2. The summed E-state index contributed by atoms with van der Waals surface area (Å²) >= 11 is 0. The van der Waals surface area contributed by atoms with Gasteiger partial charge in [0.05, 0.1) is 11.2 Å². The van der Waals surface area contributed by atoms with Gasteiger partial charge in [-0.2, -0.15) is 0 Å². The van der Waals surface area contributed by atoms with Crippen molar-refractivity contribution in [2.24, 2.45) is 5.92 Å². The van der Waals surface area contributed by atoms with E-state index in [1.807, 2.05) is 20.2 Å². The molecule has 4 rings (SSSR count). The summed E-state index contributed by atoms with van der Waals surface area (Å²) < 4.78 is 0. The summed E-state index contributed by atoms with van der Waals surface area (Å²) in [7, 11) is 4.09.